The highest BCUT2D eigenvalue weighted by Crippen LogP contribution is 2.31. The Kier molecular flexibility index (Phi) is 3.33. The maximum absolute atomic E-state index is 9.18. The van der Waals surface area contributed by atoms with E-state index in [2.05, 4.69) is 25.0 Å². The zero-order chi connectivity index (χ0) is 14.8. The van der Waals surface area contributed by atoms with E-state index in [0.29, 0.717) is 17.4 Å². The maximum Gasteiger partial charge on any atom is 0.165 e. The zero-order valence-corrected chi connectivity index (χ0v) is 11.9. The van der Waals surface area contributed by atoms with Crippen LogP contribution >= 0.6 is 0 Å². The van der Waals surface area contributed by atoms with Crippen LogP contribution in [0, 0.1) is 11.3 Å². The quantitative estimate of drug-likeness (QED) is 0.718. The van der Waals surface area contributed by atoms with Gasteiger partial charge >= 0.3 is 0 Å². The van der Waals surface area contributed by atoms with Crippen LogP contribution < -0.4 is 4.74 Å². The van der Waals surface area contributed by atoms with Crippen LogP contribution in [0.4, 0.5) is 0 Å². The Morgan fingerprint density at radius 1 is 1.14 bits per heavy atom. The first-order chi connectivity index (χ1) is 10.2. The van der Waals surface area contributed by atoms with Crippen LogP contribution in [0.15, 0.2) is 48.8 Å². The Morgan fingerprint density at radius 3 is 2.57 bits per heavy atom. The summed E-state index contributed by atoms with van der Waals surface area (Å²) < 4.78 is 7.78. The van der Waals surface area contributed by atoms with E-state index in [-0.39, 0.29) is 0 Å². The molecule has 0 amide bonds. The highest BCUT2D eigenvalue weighted by molar-refractivity contribution is 5.92. The van der Waals surface area contributed by atoms with Gasteiger partial charge in [-0.2, -0.15) is 10.4 Å². The van der Waals surface area contributed by atoms with Crippen LogP contribution in [0.5, 0.6) is 11.5 Å². The highest BCUT2D eigenvalue weighted by Gasteiger charge is 2.09. The molecule has 1 heterocycles. The second-order valence-electron chi connectivity index (χ2n) is 5.12. The topological polar surface area (TPSA) is 50.8 Å². The van der Waals surface area contributed by atoms with E-state index in [1.165, 1.54) is 0 Å². The summed E-state index contributed by atoms with van der Waals surface area (Å²) in [5.41, 5.74) is 0.649. The minimum Gasteiger partial charge on any atom is -0.453 e. The van der Waals surface area contributed by atoms with E-state index in [1.54, 1.807) is 12.3 Å². The molecular weight excluding hydrogens is 262 g/mol. The van der Waals surface area contributed by atoms with E-state index < -0.39 is 0 Å². The van der Waals surface area contributed by atoms with Crippen LogP contribution in [0.2, 0.25) is 0 Å². The van der Waals surface area contributed by atoms with Crippen molar-refractivity contribution < 1.29 is 4.74 Å². The average molecular weight is 277 g/mol. The number of hydrogen-bond donors (Lipinski definition) is 0. The number of nitriles is 1. The largest absolute Gasteiger partial charge is 0.453 e. The molecule has 4 heteroatoms. The second kappa shape index (κ2) is 5.29. The third-order valence-electron chi connectivity index (χ3n) is 3.34. The summed E-state index contributed by atoms with van der Waals surface area (Å²) in [7, 11) is 0. The first kappa shape index (κ1) is 13.2. The first-order valence-electron chi connectivity index (χ1n) is 6.83. The Hall–Kier alpha value is -2.80. The SMILES string of the molecule is CC(C)n1cc(Oc2ccc(C#N)c3ccccc23)cn1. The molecule has 0 saturated heterocycles. The van der Waals surface area contributed by atoms with Crippen LogP contribution in [0.25, 0.3) is 10.8 Å². The van der Waals surface area contributed by atoms with Crippen molar-refractivity contribution in [3.63, 3.8) is 0 Å². The Balaban J connectivity index is 2.03. The van der Waals surface area contributed by atoms with Crippen molar-refractivity contribution in [3.05, 3.63) is 54.4 Å². The van der Waals surface area contributed by atoms with Crippen molar-refractivity contribution in [2.75, 3.05) is 0 Å². The fraction of sp³-hybridized carbons (Fsp3) is 0.176. The number of benzene rings is 2. The molecule has 0 fully saturated rings. The molecule has 3 aromatic rings. The van der Waals surface area contributed by atoms with E-state index in [0.717, 1.165) is 16.5 Å². The summed E-state index contributed by atoms with van der Waals surface area (Å²) in [5.74, 6) is 1.42. The van der Waals surface area contributed by atoms with E-state index in [1.807, 2.05) is 41.2 Å². The van der Waals surface area contributed by atoms with Crippen molar-refractivity contribution in [1.29, 1.82) is 5.26 Å². The van der Waals surface area contributed by atoms with Crippen molar-refractivity contribution >= 4 is 10.8 Å². The third-order valence-corrected chi connectivity index (χ3v) is 3.34. The lowest BCUT2D eigenvalue weighted by atomic mass is 10.0. The summed E-state index contributed by atoms with van der Waals surface area (Å²) >= 11 is 0. The summed E-state index contributed by atoms with van der Waals surface area (Å²) in [5, 5.41) is 15.3. The molecule has 104 valence electrons. The smallest absolute Gasteiger partial charge is 0.165 e. The predicted octanol–water partition coefficient (Wildman–Crippen LogP) is 4.28. The highest BCUT2D eigenvalue weighted by atomic mass is 16.5. The predicted molar refractivity (Wildman–Crippen MR) is 81.3 cm³/mol. The van der Waals surface area contributed by atoms with Crippen LogP contribution in [0.3, 0.4) is 0 Å². The number of hydrogen-bond acceptors (Lipinski definition) is 3. The molecule has 0 aliphatic rings. The van der Waals surface area contributed by atoms with Gasteiger partial charge in [0, 0.05) is 16.8 Å². The molecule has 1 aromatic heterocycles. The third kappa shape index (κ3) is 2.46. The summed E-state index contributed by atoms with van der Waals surface area (Å²) in [6, 6.07) is 13.9. The molecule has 2 aromatic carbocycles. The molecule has 0 N–H and O–H groups in total. The van der Waals surface area contributed by atoms with Crippen molar-refractivity contribution in [3.8, 4) is 17.6 Å². The van der Waals surface area contributed by atoms with Crippen molar-refractivity contribution in [2.24, 2.45) is 0 Å². The molecule has 4 nitrogen and oxygen atoms in total. The maximum atomic E-state index is 9.18. The van der Waals surface area contributed by atoms with E-state index in [4.69, 9.17) is 4.74 Å². The Morgan fingerprint density at radius 2 is 1.90 bits per heavy atom. The molecule has 0 unspecified atom stereocenters. The molecule has 3 rings (SSSR count). The number of nitrogens with zero attached hydrogens (tertiary/aromatic N) is 3. The summed E-state index contributed by atoms with van der Waals surface area (Å²) in [4.78, 5) is 0. The second-order valence-corrected chi connectivity index (χ2v) is 5.12. The lowest BCUT2D eigenvalue weighted by Gasteiger charge is -2.08. The number of aromatic nitrogens is 2. The minimum absolute atomic E-state index is 0.292. The molecule has 21 heavy (non-hydrogen) atoms. The van der Waals surface area contributed by atoms with Crippen molar-refractivity contribution in [1.82, 2.24) is 9.78 Å². The monoisotopic (exact) mass is 277 g/mol. The molecular formula is C17H15N3O. The average Bonchev–Trinajstić information content (AvgIpc) is 2.96. The molecule has 0 aliphatic heterocycles. The van der Waals surface area contributed by atoms with Gasteiger partial charge in [0.05, 0.1) is 24.0 Å². The van der Waals surface area contributed by atoms with Gasteiger partial charge in [0.25, 0.3) is 0 Å². The van der Waals surface area contributed by atoms with Gasteiger partial charge in [-0.15, -0.1) is 0 Å². The van der Waals surface area contributed by atoms with E-state index >= 15 is 0 Å². The fourth-order valence-electron chi connectivity index (χ4n) is 2.24. The molecule has 0 aliphatic carbocycles. The Bertz CT molecular complexity index is 827. The van der Waals surface area contributed by atoms with Gasteiger partial charge in [0.2, 0.25) is 0 Å². The molecule has 0 radical (unpaired) electrons. The summed E-state index contributed by atoms with van der Waals surface area (Å²) in [6.45, 7) is 4.13. The summed E-state index contributed by atoms with van der Waals surface area (Å²) in [6.07, 6.45) is 3.57. The molecule has 0 atom stereocenters. The number of rotatable bonds is 3. The lowest BCUT2D eigenvalue weighted by molar-refractivity contribution is 0.482. The first-order valence-corrected chi connectivity index (χ1v) is 6.83. The van der Waals surface area contributed by atoms with Gasteiger partial charge in [-0.05, 0) is 26.0 Å². The van der Waals surface area contributed by atoms with Crippen LogP contribution in [0.1, 0.15) is 25.5 Å². The zero-order valence-electron chi connectivity index (χ0n) is 11.9. The van der Waals surface area contributed by atoms with Gasteiger partial charge in [0.15, 0.2) is 5.75 Å². The molecule has 0 spiro atoms. The molecule has 0 saturated carbocycles. The van der Waals surface area contributed by atoms with Gasteiger partial charge < -0.3 is 4.74 Å². The van der Waals surface area contributed by atoms with E-state index in [9.17, 15) is 5.26 Å². The van der Waals surface area contributed by atoms with Gasteiger partial charge in [-0.3, -0.25) is 4.68 Å². The Labute approximate surface area is 123 Å². The standard InChI is InChI=1S/C17H15N3O/c1-12(2)20-11-14(10-19-20)21-17-8-7-13(9-18)15-5-3-4-6-16(15)17/h3-8,10-12H,1-2H3. The van der Waals surface area contributed by atoms with Gasteiger partial charge in [0.1, 0.15) is 5.75 Å². The van der Waals surface area contributed by atoms with Gasteiger partial charge in [-0.1, -0.05) is 24.3 Å². The fourth-order valence-corrected chi connectivity index (χ4v) is 2.24. The number of fused-ring (bicyclic) bond motifs is 1. The van der Waals surface area contributed by atoms with Crippen LogP contribution in [-0.4, -0.2) is 9.78 Å². The van der Waals surface area contributed by atoms with Crippen molar-refractivity contribution in [2.45, 2.75) is 19.9 Å². The van der Waals surface area contributed by atoms with Crippen LogP contribution in [-0.2, 0) is 0 Å². The molecule has 0 bridgehead atoms. The normalized spacial score (nSPS) is 10.8. The lowest BCUT2D eigenvalue weighted by Crippen LogP contribution is -1.99. The van der Waals surface area contributed by atoms with Gasteiger partial charge in [-0.25, -0.2) is 0 Å². The number of ether oxygens (including phenoxy) is 1. The minimum atomic E-state index is 0.292.